The molecule has 1 rings (SSSR count). The SMILES string of the molecule is NC(=S)NC(=O)c1ccsc1. The molecule has 0 aliphatic rings. The summed E-state index contributed by atoms with van der Waals surface area (Å²) in [6.07, 6.45) is 0. The number of amides is 1. The van der Waals surface area contributed by atoms with Crippen LogP contribution in [0.25, 0.3) is 0 Å². The maximum atomic E-state index is 11.0. The molecule has 3 N–H and O–H groups in total. The molecule has 0 aliphatic carbocycles. The van der Waals surface area contributed by atoms with E-state index in [2.05, 4.69) is 17.5 Å². The molecule has 0 saturated heterocycles. The molecule has 0 atom stereocenters. The monoisotopic (exact) mass is 186 g/mol. The van der Waals surface area contributed by atoms with Crippen LogP contribution in [0.2, 0.25) is 0 Å². The minimum atomic E-state index is -0.251. The Kier molecular flexibility index (Phi) is 2.56. The van der Waals surface area contributed by atoms with Gasteiger partial charge in [-0.05, 0) is 23.7 Å². The quantitative estimate of drug-likeness (QED) is 0.635. The molecule has 58 valence electrons. The molecule has 0 saturated carbocycles. The zero-order chi connectivity index (χ0) is 8.27. The number of nitrogens with two attached hydrogens (primary N) is 1. The molecule has 0 spiro atoms. The first-order chi connectivity index (χ1) is 5.20. The Hall–Kier alpha value is -0.940. The van der Waals surface area contributed by atoms with Crippen molar-refractivity contribution in [2.24, 2.45) is 5.73 Å². The third kappa shape index (κ3) is 2.28. The van der Waals surface area contributed by atoms with E-state index in [9.17, 15) is 4.79 Å². The Balaban J connectivity index is 2.64. The van der Waals surface area contributed by atoms with Gasteiger partial charge >= 0.3 is 0 Å². The van der Waals surface area contributed by atoms with Gasteiger partial charge in [-0.15, -0.1) is 0 Å². The molecule has 1 aromatic rings. The lowest BCUT2D eigenvalue weighted by Gasteiger charge is -1.97. The minimum absolute atomic E-state index is 0.00111. The molecule has 11 heavy (non-hydrogen) atoms. The third-order valence-corrected chi connectivity index (χ3v) is 1.81. The van der Waals surface area contributed by atoms with Crippen LogP contribution in [-0.2, 0) is 0 Å². The highest BCUT2D eigenvalue weighted by molar-refractivity contribution is 7.80. The van der Waals surface area contributed by atoms with Gasteiger partial charge in [0.2, 0.25) is 0 Å². The van der Waals surface area contributed by atoms with E-state index in [-0.39, 0.29) is 11.0 Å². The number of hydrogen-bond acceptors (Lipinski definition) is 3. The minimum Gasteiger partial charge on any atom is -0.376 e. The van der Waals surface area contributed by atoms with Crippen molar-refractivity contribution in [1.82, 2.24) is 5.32 Å². The highest BCUT2D eigenvalue weighted by Crippen LogP contribution is 2.04. The van der Waals surface area contributed by atoms with Crippen molar-refractivity contribution in [3.05, 3.63) is 22.4 Å². The van der Waals surface area contributed by atoms with Crippen LogP contribution >= 0.6 is 23.6 Å². The van der Waals surface area contributed by atoms with Crippen LogP contribution in [0.1, 0.15) is 10.4 Å². The van der Waals surface area contributed by atoms with Crippen molar-refractivity contribution in [3.8, 4) is 0 Å². The number of nitrogens with one attached hydrogen (secondary N) is 1. The van der Waals surface area contributed by atoms with Crippen LogP contribution in [0.4, 0.5) is 0 Å². The summed E-state index contributed by atoms with van der Waals surface area (Å²) in [6.45, 7) is 0. The van der Waals surface area contributed by atoms with Crippen LogP contribution in [0, 0.1) is 0 Å². The van der Waals surface area contributed by atoms with Gasteiger partial charge in [-0.25, -0.2) is 0 Å². The van der Waals surface area contributed by atoms with Crippen molar-refractivity contribution in [2.45, 2.75) is 0 Å². The first-order valence-corrected chi connectivity index (χ1v) is 4.18. The summed E-state index contributed by atoms with van der Waals surface area (Å²) in [4.78, 5) is 11.0. The van der Waals surface area contributed by atoms with Gasteiger partial charge < -0.3 is 5.73 Å². The van der Waals surface area contributed by atoms with Crippen molar-refractivity contribution in [2.75, 3.05) is 0 Å². The summed E-state index contributed by atoms with van der Waals surface area (Å²) in [7, 11) is 0. The van der Waals surface area contributed by atoms with Gasteiger partial charge in [0, 0.05) is 5.38 Å². The molecule has 0 radical (unpaired) electrons. The summed E-state index contributed by atoms with van der Waals surface area (Å²) in [5.74, 6) is -0.251. The normalized spacial score (nSPS) is 9.09. The summed E-state index contributed by atoms with van der Waals surface area (Å²) < 4.78 is 0. The number of thiophene rings is 1. The van der Waals surface area contributed by atoms with Gasteiger partial charge in [-0.2, -0.15) is 11.3 Å². The van der Waals surface area contributed by atoms with Crippen molar-refractivity contribution >= 4 is 34.6 Å². The zero-order valence-electron chi connectivity index (χ0n) is 5.53. The fourth-order valence-corrected chi connectivity index (χ4v) is 1.31. The largest absolute Gasteiger partial charge is 0.376 e. The fraction of sp³-hybridized carbons (Fsp3) is 0. The second-order valence-corrected chi connectivity index (χ2v) is 3.05. The van der Waals surface area contributed by atoms with E-state index in [1.807, 2.05) is 5.38 Å². The number of thiocarbonyl (C=S) groups is 1. The molecular weight excluding hydrogens is 180 g/mol. The lowest BCUT2D eigenvalue weighted by atomic mass is 10.3. The molecule has 1 amide bonds. The highest BCUT2D eigenvalue weighted by Gasteiger charge is 2.04. The van der Waals surface area contributed by atoms with Gasteiger partial charge in [0.1, 0.15) is 0 Å². The lowest BCUT2D eigenvalue weighted by Crippen LogP contribution is -2.34. The molecular formula is C6H6N2OS2. The molecule has 0 aliphatic heterocycles. The molecule has 0 bridgehead atoms. The predicted octanol–water partition coefficient (Wildman–Crippen LogP) is 0.722. The van der Waals surface area contributed by atoms with Crippen molar-refractivity contribution in [1.29, 1.82) is 0 Å². The van der Waals surface area contributed by atoms with E-state index in [1.165, 1.54) is 11.3 Å². The molecule has 1 aromatic heterocycles. The Morgan fingerprint density at radius 2 is 2.45 bits per heavy atom. The topological polar surface area (TPSA) is 55.1 Å². The molecule has 0 fully saturated rings. The standard InChI is InChI=1S/C6H6N2OS2/c7-6(10)8-5(9)4-1-2-11-3-4/h1-3H,(H3,7,8,9,10). The van der Waals surface area contributed by atoms with E-state index in [1.54, 1.807) is 11.4 Å². The Morgan fingerprint density at radius 1 is 1.73 bits per heavy atom. The van der Waals surface area contributed by atoms with E-state index in [0.717, 1.165) is 0 Å². The van der Waals surface area contributed by atoms with Crippen LogP contribution in [-0.4, -0.2) is 11.0 Å². The van der Waals surface area contributed by atoms with Crippen LogP contribution in [0.15, 0.2) is 16.8 Å². The van der Waals surface area contributed by atoms with Crippen LogP contribution in [0.5, 0.6) is 0 Å². The smallest absolute Gasteiger partial charge is 0.258 e. The van der Waals surface area contributed by atoms with Crippen LogP contribution < -0.4 is 11.1 Å². The number of carbonyl (C=O) groups excluding carboxylic acids is 1. The first-order valence-electron chi connectivity index (χ1n) is 2.83. The molecule has 1 heterocycles. The maximum absolute atomic E-state index is 11.0. The van der Waals surface area contributed by atoms with E-state index < -0.39 is 0 Å². The Morgan fingerprint density at radius 3 is 2.91 bits per heavy atom. The second-order valence-electron chi connectivity index (χ2n) is 1.83. The van der Waals surface area contributed by atoms with Crippen molar-refractivity contribution < 1.29 is 4.79 Å². The number of carbonyl (C=O) groups is 1. The third-order valence-electron chi connectivity index (χ3n) is 1.02. The van der Waals surface area contributed by atoms with E-state index in [4.69, 9.17) is 5.73 Å². The van der Waals surface area contributed by atoms with Gasteiger partial charge in [0.05, 0.1) is 5.56 Å². The molecule has 0 aromatic carbocycles. The second kappa shape index (κ2) is 3.45. The predicted molar refractivity (Wildman–Crippen MR) is 48.6 cm³/mol. The van der Waals surface area contributed by atoms with Crippen molar-refractivity contribution in [3.63, 3.8) is 0 Å². The highest BCUT2D eigenvalue weighted by atomic mass is 32.1. The number of hydrogen-bond donors (Lipinski definition) is 2. The Labute approximate surface area is 73.2 Å². The zero-order valence-corrected chi connectivity index (χ0v) is 7.17. The van der Waals surface area contributed by atoms with Gasteiger partial charge in [0.25, 0.3) is 5.91 Å². The summed E-state index contributed by atoms with van der Waals surface area (Å²) in [5, 5.41) is 5.87. The molecule has 0 unspecified atom stereocenters. The Bertz CT molecular complexity index is 268. The van der Waals surface area contributed by atoms with Gasteiger partial charge in [-0.1, -0.05) is 0 Å². The summed E-state index contributed by atoms with van der Waals surface area (Å²) >= 11 is 5.95. The average Bonchev–Trinajstić information content (AvgIpc) is 2.35. The van der Waals surface area contributed by atoms with Crippen LogP contribution in [0.3, 0.4) is 0 Å². The summed E-state index contributed by atoms with van der Waals surface area (Å²) in [6, 6.07) is 1.71. The molecule has 5 heteroatoms. The van der Waals surface area contributed by atoms with Gasteiger partial charge in [0.15, 0.2) is 5.11 Å². The first kappa shape index (κ1) is 8.16. The molecule has 3 nitrogen and oxygen atoms in total. The van der Waals surface area contributed by atoms with E-state index in [0.29, 0.717) is 5.56 Å². The average molecular weight is 186 g/mol. The van der Waals surface area contributed by atoms with Gasteiger partial charge in [-0.3, -0.25) is 10.1 Å². The van der Waals surface area contributed by atoms with E-state index >= 15 is 0 Å². The number of rotatable bonds is 1. The summed E-state index contributed by atoms with van der Waals surface area (Å²) in [5.41, 5.74) is 5.69. The maximum Gasteiger partial charge on any atom is 0.258 e. The fourth-order valence-electron chi connectivity index (χ4n) is 0.578. The lowest BCUT2D eigenvalue weighted by molar-refractivity contribution is 0.0978.